The summed E-state index contributed by atoms with van der Waals surface area (Å²) < 4.78 is 20.0. The third kappa shape index (κ3) is 4.85. The van der Waals surface area contributed by atoms with Crippen molar-refractivity contribution in [2.75, 3.05) is 24.5 Å². The minimum Gasteiger partial charge on any atom is -0.459 e. The van der Waals surface area contributed by atoms with Gasteiger partial charge in [-0.05, 0) is 38.5 Å². The second kappa shape index (κ2) is 10.1. The summed E-state index contributed by atoms with van der Waals surface area (Å²) in [5, 5.41) is 7.88. The Morgan fingerprint density at radius 2 is 2.13 bits per heavy atom. The summed E-state index contributed by atoms with van der Waals surface area (Å²) in [5.74, 6) is 1.73. The van der Waals surface area contributed by atoms with Crippen molar-refractivity contribution < 1.29 is 8.81 Å². The smallest absolute Gasteiger partial charge is 0.191 e. The van der Waals surface area contributed by atoms with Crippen molar-refractivity contribution in [3.8, 4) is 0 Å². The molecule has 1 aliphatic rings. The van der Waals surface area contributed by atoms with Crippen molar-refractivity contribution in [1.29, 1.82) is 0 Å². The van der Waals surface area contributed by atoms with Crippen LogP contribution < -0.4 is 15.5 Å². The van der Waals surface area contributed by atoms with Crippen LogP contribution in [0.25, 0.3) is 11.0 Å². The van der Waals surface area contributed by atoms with Crippen LogP contribution in [0.4, 0.5) is 10.2 Å². The number of aryl methyl sites for hydroxylation is 1. The first-order valence-corrected chi connectivity index (χ1v) is 10.0. The predicted molar refractivity (Wildman–Crippen MR) is 129 cm³/mol. The molecule has 6 nitrogen and oxygen atoms in total. The number of rotatable bonds is 5. The van der Waals surface area contributed by atoms with E-state index < -0.39 is 0 Å². The summed E-state index contributed by atoms with van der Waals surface area (Å²) in [6.45, 7) is 6.76. The van der Waals surface area contributed by atoms with Gasteiger partial charge in [-0.15, -0.1) is 24.0 Å². The molecule has 4 rings (SSSR count). The van der Waals surface area contributed by atoms with Gasteiger partial charge in [-0.2, -0.15) is 0 Å². The topological polar surface area (TPSA) is 65.7 Å². The highest BCUT2D eigenvalue weighted by atomic mass is 127. The number of aliphatic imine (C=N–C) groups is 1. The number of guanidine groups is 1. The number of hydrogen-bond donors (Lipinski definition) is 2. The maximum absolute atomic E-state index is 14.0. The summed E-state index contributed by atoms with van der Waals surface area (Å²) in [6.07, 6.45) is 2.52. The molecule has 1 aromatic carbocycles. The van der Waals surface area contributed by atoms with Crippen LogP contribution >= 0.6 is 24.0 Å². The number of pyridine rings is 1. The molecule has 0 spiro atoms. The van der Waals surface area contributed by atoms with Crippen molar-refractivity contribution in [1.82, 2.24) is 15.6 Å². The molecule has 8 heteroatoms. The van der Waals surface area contributed by atoms with Gasteiger partial charge in [0.25, 0.3) is 0 Å². The Morgan fingerprint density at radius 1 is 1.30 bits per heavy atom. The van der Waals surface area contributed by atoms with Gasteiger partial charge in [-0.1, -0.05) is 18.2 Å². The van der Waals surface area contributed by atoms with Crippen LogP contribution in [0.5, 0.6) is 0 Å². The summed E-state index contributed by atoms with van der Waals surface area (Å²) in [7, 11) is 0. The predicted octanol–water partition coefficient (Wildman–Crippen LogP) is 4.23. The van der Waals surface area contributed by atoms with Crippen molar-refractivity contribution in [3.05, 3.63) is 59.7 Å². The average molecular weight is 523 g/mol. The number of hydrogen-bond acceptors (Lipinski definition) is 4. The van der Waals surface area contributed by atoms with Gasteiger partial charge in [-0.3, -0.25) is 0 Å². The van der Waals surface area contributed by atoms with Gasteiger partial charge in [0.05, 0.1) is 0 Å². The Labute approximate surface area is 193 Å². The molecule has 0 aliphatic carbocycles. The van der Waals surface area contributed by atoms with Gasteiger partial charge in [0.15, 0.2) is 17.6 Å². The minimum absolute atomic E-state index is 0. The van der Waals surface area contributed by atoms with Gasteiger partial charge in [-0.25, -0.2) is 14.4 Å². The van der Waals surface area contributed by atoms with E-state index in [1.165, 1.54) is 6.07 Å². The number of halogens is 2. The molecular weight excluding hydrogens is 496 g/mol. The normalized spacial score (nSPS) is 16.6. The number of anilines is 1. The van der Waals surface area contributed by atoms with Crippen LogP contribution in [-0.2, 0) is 6.54 Å². The van der Waals surface area contributed by atoms with Crippen LogP contribution in [0.1, 0.15) is 24.7 Å². The molecule has 1 atom stereocenters. The lowest BCUT2D eigenvalue weighted by molar-refractivity contribution is 0.546. The van der Waals surface area contributed by atoms with E-state index in [4.69, 9.17) is 9.41 Å². The molecule has 0 bridgehead atoms. The first-order valence-electron chi connectivity index (χ1n) is 10.0. The maximum atomic E-state index is 14.0. The highest BCUT2D eigenvalue weighted by Crippen LogP contribution is 2.25. The molecule has 0 radical (unpaired) electrons. The molecule has 2 aromatic heterocycles. The van der Waals surface area contributed by atoms with E-state index in [1.807, 2.05) is 30.0 Å². The van der Waals surface area contributed by atoms with Gasteiger partial charge in [0, 0.05) is 42.8 Å². The molecule has 160 valence electrons. The average Bonchev–Trinajstić information content (AvgIpc) is 3.31. The fraction of sp³-hybridized carbons (Fsp3) is 0.364. The molecule has 2 N–H and O–H groups in total. The zero-order chi connectivity index (χ0) is 20.2. The van der Waals surface area contributed by atoms with Crippen LogP contribution in [0, 0.1) is 12.7 Å². The van der Waals surface area contributed by atoms with Crippen LogP contribution in [0.3, 0.4) is 0 Å². The molecule has 1 unspecified atom stereocenters. The number of nitrogens with zero attached hydrogens (tertiary/aromatic N) is 3. The SMILES string of the molecule is CCNC(=NCc1oc2ccccc2c1C)NC1CCN(c2ncccc2F)C1.I. The van der Waals surface area contributed by atoms with Gasteiger partial charge in [0.2, 0.25) is 0 Å². The number of aromatic nitrogens is 1. The highest BCUT2D eigenvalue weighted by molar-refractivity contribution is 14.0. The summed E-state index contributed by atoms with van der Waals surface area (Å²) in [5.41, 5.74) is 2.01. The molecule has 1 saturated heterocycles. The Morgan fingerprint density at radius 3 is 2.90 bits per heavy atom. The monoisotopic (exact) mass is 523 g/mol. The zero-order valence-corrected chi connectivity index (χ0v) is 19.5. The van der Waals surface area contributed by atoms with Gasteiger partial charge < -0.3 is 20.0 Å². The van der Waals surface area contributed by atoms with E-state index in [0.717, 1.165) is 47.8 Å². The van der Waals surface area contributed by atoms with Gasteiger partial charge >= 0.3 is 0 Å². The van der Waals surface area contributed by atoms with Crippen LogP contribution in [0.15, 0.2) is 52.0 Å². The quantitative estimate of drug-likeness (QED) is 0.298. The maximum Gasteiger partial charge on any atom is 0.191 e. The zero-order valence-electron chi connectivity index (χ0n) is 17.2. The lowest BCUT2D eigenvalue weighted by Crippen LogP contribution is -2.44. The third-order valence-electron chi connectivity index (χ3n) is 5.24. The molecule has 1 aliphatic heterocycles. The summed E-state index contributed by atoms with van der Waals surface area (Å²) >= 11 is 0. The van der Waals surface area contributed by atoms with Crippen LogP contribution in [0.2, 0.25) is 0 Å². The third-order valence-corrected chi connectivity index (χ3v) is 5.24. The number of furan rings is 1. The van der Waals surface area contributed by atoms with E-state index in [9.17, 15) is 4.39 Å². The van der Waals surface area contributed by atoms with Crippen molar-refractivity contribution >= 4 is 46.7 Å². The summed E-state index contributed by atoms with van der Waals surface area (Å²) in [4.78, 5) is 10.9. The van der Waals surface area contributed by atoms with Crippen LogP contribution in [-0.4, -0.2) is 36.6 Å². The van der Waals surface area contributed by atoms with Crippen molar-refractivity contribution in [2.45, 2.75) is 32.9 Å². The molecule has 0 saturated carbocycles. The summed E-state index contributed by atoms with van der Waals surface area (Å²) in [6, 6.07) is 11.3. The number of benzene rings is 1. The van der Waals surface area contributed by atoms with E-state index in [1.54, 1.807) is 12.3 Å². The Balaban J connectivity index is 0.00000256. The second-order valence-electron chi connectivity index (χ2n) is 7.23. The molecule has 1 fully saturated rings. The molecular formula is C22H27FIN5O. The molecule has 0 amide bonds. The first-order chi connectivity index (χ1) is 14.2. The standard InChI is InChI=1S/C22H26FN5O.HI/c1-3-24-22(26-13-20-15(2)17-7-4-5-9-19(17)29-20)27-16-10-12-28(14-16)21-18(23)8-6-11-25-21;/h4-9,11,16H,3,10,12-14H2,1-2H3,(H2,24,26,27);1H. The lowest BCUT2D eigenvalue weighted by atomic mass is 10.1. The largest absolute Gasteiger partial charge is 0.459 e. The minimum atomic E-state index is -0.283. The molecule has 3 heterocycles. The van der Waals surface area contributed by atoms with Gasteiger partial charge in [0.1, 0.15) is 17.9 Å². The van der Waals surface area contributed by atoms with Crippen molar-refractivity contribution in [2.24, 2.45) is 4.99 Å². The van der Waals surface area contributed by atoms with E-state index in [-0.39, 0.29) is 35.8 Å². The second-order valence-corrected chi connectivity index (χ2v) is 7.23. The van der Waals surface area contributed by atoms with E-state index in [2.05, 4.69) is 28.6 Å². The van der Waals surface area contributed by atoms with Crippen molar-refractivity contribution in [3.63, 3.8) is 0 Å². The molecule has 30 heavy (non-hydrogen) atoms. The Hall–Kier alpha value is -2.36. The highest BCUT2D eigenvalue weighted by Gasteiger charge is 2.26. The van der Waals surface area contributed by atoms with E-state index >= 15 is 0 Å². The Kier molecular flexibility index (Phi) is 7.52. The first kappa shape index (κ1) is 22.3. The number of fused-ring (bicyclic) bond motifs is 1. The number of para-hydroxylation sites is 1. The molecule has 3 aromatic rings. The fourth-order valence-electron chi connectivity index (χ4n) is 3.72. The fourth-order valence-corrected chi connectivity index (χ4v) is 3.72. The Bertz CT molecular complexity index is 1020. The lowest BCUT2D eigenvalue weighted by Gasteiger charge is -2.19. The van der Waals surface area contributed by atoms with E-state index in [0.29, 0.717) is 18.9 Å². The number of nitrogens with one attached hydrogen (secondary N) is 2.